The van der Waals surface area contributed by atoms with Crippen molar-refractivity contribution in [3.05, 3.63) is 47.5 Å². The molecule has 2 aromatic rings. The van der Waals surface area contributed by atoms with Crippen LogP contribution in [0.4, 0.5) is 0 Å². The molecule has 0 aromatic heterocycles. The molecule has 2 aromatic carbocycles. The van der Waals surface area contributed by atoms with E-state index in [0.29, 0.717) is 0 Å². The number of ether oxygens (including phenoxy) is 2. The summed E-state index contributed by atoms with van der Waals surface area (Å²) in [6.45, 7) is 12.5. The molecule has 0 fully saturated rings. The minimum atomic E-state index is 0.123. The molecule has 0 aliphatic carbocycles. The summed E-state index contributed by atoms with van der Waals surface area (Å²) in [6.07, 6.45) is 0.247. The molecule has 0 aliphatic heterocycles. The molecular formula is C20H26O2. The molecule has 0 radical (unpaired) electrons. The lowest BCUT2D eigenvalue weighted by Crippen LogP contribution is -2.10. The van der Waals surface area contributed by atoms with E-state index in [-0.39, 0.29) is 12.2 Å². The maximum atomic E-state index is 6.04. The molecule has 0 bridgehead atoms. The van der Waals surface area contributed by atoms with Gasteiger partial charge in [-0.2, -0.15) is 0 Å². The van der Waals surface area contributed by atoms with Gasteiger partial charge in [-0.1, -0.05) is 24.3 Å². The van der Waals surface area contributed by atoms with Crippen molar-refractivity contribution in [3.8, 4) is 22.6 Å². The molecule has 2 heteroatoms. The lowest BCUT2D eigenvalue weighted by molar-refractivity contribution is 0.231. The highest BCUT2D eigenvalue weighted by Gasteiger charge is 2.17. The van der Waals surface area contributed by atoms with Crippen LogP contribution in [0.15, 0.2) is 36.4 Å². The molecule has 0 spiro atoms. The molecule has 2 rings (SSSR count). The van der Waals surface area contributed by atoms with Gasteiger partial charge in [0.15, 0.2) is 0 Å². The van der Waals surface area contributed by atoms with Gasteiger partial charge in [0, 0.05) is 0 Å². The number of benzene rings is 2. The fourth-order valence-corrected chi connectivity index (χ4v) is 2.50. The minimum Gasteiger partial charge on any atom is -0.490 e. The first-order chi connectivity index (χ1) is 10.4. The molecule has 118 valence electrons. The van der Waals surface area contributed by atoms with Gasteiger partial charge in [0.2, 0.25) is 0 Å². The van der Waals surface area contributed by atoms with Crippen LogP contribution in [0.1, 0.15) is 38.8 Å². The van der Waals surface area contributed by atoms with Crippen molar-refractivity contribution in [2.45, 2.75) is 53.8 Å². The summed E-state index contributed by atoms with van der Waals surface area (Å²) >= 11 is 0. The normalized spacial score (nSPS) is 11.1. The molecular weight excluding hydrogens is 272 g/mol. The Morgan fingerprint density at radius 1 is 0.727 bits per heavy atom. The first-order valence-corrected chi connectivity index (χ1v) is 7.93. The molecule has 0 heterocycles. The van der Waals surface area contributed by atoms with E-state index >= 15 is 0 Å². The van der Waals surface area contributed by atoms with E-state index in [1.54, 1.807) is 0 Å². The average molecular weight is 298 g/mol. The molecule has 0 unspecified atom stereocenters. The molecule has 0 aliphatic rings. The van der Waals surface area contributed by atoms with E-state index in [1.807, 2.05) is 45.9 Å². The van der Waals surface area contributed by atoms with E-state index in [9.17, 15) is 0 Å². The predicted octanol–water partition coefficient (Wildman–Crippen LogP) is 5.54. The van der Waals surface area contributed by atoms with Gasteiger partial charge < -0.3 is 9.47 Å². The summed E-state index contributed by atoms with van der Waals surface area (Å²) in [5.41, 5.74) is 4.75. The van der Waals surface area contributed by atoms with Crippen molar-refractivity contribution >= 4 is 0 Å². The van der Waals surface area contributed by atoms with Gasteiger partial charge in [0.25, 0.3) is 0 Å². The van der Waals surface area contributed by atoms with Crippen LogP contribution >= 0.6 is 0 Å². The van der Waals surface area contributed by atoms with Crippen LogP contribution in [0.3, 0.4) is 0 Å². The maximum Gasteiger partial charge on any atom is 0.131 e. The Labute approximate surface area is 134 Å². The fourth-order valence-electron chi connectivity index (χ4n) is 2.50. The summed E-state index contributed by atoms with van der Waals surface area (Å²) in [5, 5.41) is 0. The molecule has 0 atom stereocenters. The van der Waals surface area contributed by atoms with Crippen LogP contribution in [0, 0.1) is 13.8 Å². The number of hydrogen-bond donors (Lipinski definition) is 0. The Balaban J connectivity index is 2.65. The average Bonchev–Trinajstić information content (AvgIpc) is 2.42. The Bertz CT molecular complexity index is 614. The third-order valence-corrected chi connectivity index (χ3v) is 3.59. The topological polar surface area (TPSA) is 18.5 Å². The third kappa shape index (κ3) is 3.62. The van der Waals surface area contributed by atoms with Crippen LogP contribution in [0.5, 0.6) is 11.5 Å². The lowest BCUT2D eigenvalue weighted by Gasteiger charge is -2.21. The number of aryl methyl sites for hydroxylation is 1. The van der Waals surface area contributed by atoms with Gasteiger partial charge in [-0.05, 0) is 70.4 Å². The molecule has 0 N–H and O–H groups in total. The van der Waals surface area contributed by atoms with E-state index in [1.165, 1.54) is 16.7 Å². The van der Waals surface area contributed by atoms with Crippen LogP contribution in [-0.4, -0.2) is 12.2 Å². The van der Waals surface area contributed by atoms with Crippen molar-refractivity contribution in [2.75, 3.05) is 0 Å². The summed E-state index contributed by atoms with van der Waals surface area (Å²) in [5.74, 6) is 1.75. The number of hydrogen-bond acceptors (Lipinski definition) is 2. The van der Waals surface area contributed by atoms with Crippen molar-refractivity contribution in [3.63, 3.8) is 0 Å². The summed E-state index contributed by atoms with van der Waals surface area (Å²) in [4.78, 5) is 0. The van der Waals surface area contributed by atoms with Crippen LogP contribution < -0.4 is 9.47 Å². The van der Waals surface area contributed by atoms with Crippen LogP contribution in [0.25, 0.3) is 11.1 Å². The van der Waals surface area contributed by atoms with Crippen LogP contribution in [0.2, 0.25) is 0 Å². The largest absolute Gasteiger partial charge is 0.490 e. The minimum absolute atomic E-state index is 0.123. The van der Waals surface area contributed by atoms with Gasteiger partial charge in [0.1, 0.15) is 11.5 Å². The Morgan fingerprint density at radius 2 is 1.23 bits per heavy atom. The molecule has 2 nitrogen and oxygen atoms in total. The first-order valence-electron chi connectivity index (χ1n) is 7.93. The van der Waals surface area contributed by atoms with Gasteiger partial charge in [0.05, 0.1) is 17.8 Å². The third-order valence-electron chi connectivity index (χ3n) is 3.59. The first kappa shape index (κ1) is 16.4. The van der Waals surface area contributed by atoms with Crippen molar-refractivity contribution in [1.82, 2.24) is 0 Å². The predicted molar refractivity (Wildman–Crippen MR) is 92.9 cm³/mol. The lowest BCUT2D eigenvalue weighted by atomic mass is 9.95. The fraction of sp³-hybridized carbons (Fsp3) is 0.400. The monoisotopic (exact) mass is 298 g/mol. The molecule has 0 saturated heterocycles. The number of rotatable bonds is 5. The maximum absolute atomic E-state index is 6.04. The van der Waals surface area contributed by atoms with Crippen molar-refractivity contribution < 1.29 is 9.47 Å². The highest BCUT2D eigenvalue weighted by atomic mass is 16.5. The van der Waals surface area contributed by atoms with E-state index < -0.39 is 0 Å². The van der Waals surface area contributed by atoms with Crippen LogP contribution in [-0.2, 0) is 0 Å². The smallest absolute Gasteiger partial charge is 0.131 e. The van der Waals surface area contributed by atoms with Gasteiger partial charge >= 0.3 is 0 Å². The Kier molecular flexibility index (Phi) is 5.12. The standard InChI is InChI=1S/C20H26O2/c1-13(2)21-18-11-8-12-19(22-14(3)4)20(18)17-10-7-9-15(5)16(17)6/h7-14H,1-6H3. The van der Waals surface area contributed by atoms with E-state index in [4.69, 9.17) is 9.47 Å². The van der Waals surface area contributed by atoms with E-state index in [2.05, 4.69) is 32.0 Å². The van der Waals surface area contributed by atoms with Crippen molar-refractivity contribution in [1.29, 1.82) is 0 Å². The quantitative estimate of drug-likeness (QED) is 0.721. The summed E-state index contributed by atoms with van der Waals surface area (Å²) in [7, 11) is 0. The zero-order valence-corrected chi connectivity index (χ0v) is 14.4. The Morgan fingerprint density at radius 3 is 1.73 bits per heavy atom. The highest BCUT2D eigenvalue weighted by Crippen LogP contribution is 2.41. The molecule has 0 amide bonds. The van der Waals surface area contributed by atoms with Gasteiger partial charge in [-0.3, -0.25) is 0 Å². The second-order valence-electron chi connectivity index (χ2n) is 6.21. The van der Waals surface area contributed by atoms with E-state index in [0.717, 1.165) is 17.1 Å². The summed E-state index contributed by atoms with van der Waals surface area (Å²) in [6, 6.07) is 12.4. The Hall–Kier alpha value is -1.96. The second-order valence-corrected chi connectivity index (χ2v) is 6.21. The zero-order valence-electron chi connectivity index (χ0n) is 14.4. The molecule has 0 saturated carbocycles. The zero-order chi connectivity index (χ0) is 16.3. The summed E-state index contributed by atoms with van der Waals surface area (Å²) < 4.78 is 12.1. The highest BCUT2D eigenvalue weighted by molar-refractivity contribution is 5.79. The molecule has 22 heavy (non-hydrogen) atoms. The second kappa shape index (κ2) is 6.87. The van der Waals surface area contributed by atoms with Gasteiger partial charge in [-0.15, -0.1) is 0 Å². The van der Waals surface area contributed by atoms with Crippen molar-refractivity contribution in [2.24, 2.45) is 0 Å². The SMILES string of the molecule is Cc1cccc(-c2c(OC(C)C)cccc2OC(C)C)c1C. The van der Waals surface area contributed by atoms with Gasteiger partial charge in [-0.25, -0.2) is 0 Å².